The fraction of sp³-hybridized carbons (Fsp3) is 0.444. The van der Waals surface area contributed by atoms with Crippen LogP contribution in [0.25, 0.3) is 11.1 Å². The van der Waals surface area contributed by atoms with Crippen LogP contribution in [0.4, 0.5) is 4.79 Å². The van der Waals surface area contributed by atoms with Crippen LogP contribution >= 0.6 is 0 Å². The Morgan fingerprint density at radius 1 is 0.943 bits per heavy atom. The molecule has 0 spiro atoms. The van der Waals surface area contributed by atoms with E-state index < -0.39 is 24.2 Å². The molecule has 1 heterocycles. The molecule has 2 aromatic carbocycles. The van der Waals surface area contributed by atoms with Crippen molar-refractivity contribution in [3.05, 3.63) is 59.7 Å². The minimum absolute atomic E-state index is 0.0341. The number of carbonyl (C=O) groups excluding carboxylic acids is 2. The van der Waals surface area contributed by atoms with Crippen molar-refractivity contribution in [1.82, 2.24) is 10.6 Å². The first-order chi connectivity index (χ1) is 17.0. The minimum atomic E-state index is -0.812. The van der Waals surface area contributed by atoms with Gasteiger partial charge in [-0.05, 0) is 53.9 Å². The van der Waals surface area contributed by atoms with Crippen LogP contribution in [0.3, 0.4) is 0 Å². The van der Waals surface area contributed by atoms with Crippen LogP contribution in [0.15, 0.2) is 48.5 Å². The topological polar surface area (TPSA) is 114 Å². The molecule has 8 heteroatoms. The monoisotopic (exact) mass is 478 g/mol. The molecule has 2 fully saturated rings. The fourth-order valence-corrected chi connectivity index (χ4v) is 5.71. The molecule has 5 rings (SSSR count). The number of ether oxygens (including phenoxy) is 2. The SMILES string of the molecule is O=C(O)CC1CCC(NC(=O)[C@H]2OCC[C@H]2NC(=O)OCC2c3ccccc3-c3ccccc32)C1. The summed E-state index contributed by atoms with van der Waals surface area (Å²) in [5.41, 5.74) is 4.60. The lowest BCUT2D eigenvalue weighted by molar-refractivity contribution is -0.138. The van der Waals surface area contributed by atoms with Gasteiger partial charge in [0.25, 0.3) is 5.91 Å². The molecule has 1 saturated heterocycles. The van der Waals surface area contributed by atoms with Crippen molar-refractivity contribution in [2.75, 3.05) is 13.2 Å². The Labute approximate surface area is 204 Å². The average Bonchev–Trinajstić information content (AvgIpc) is 3.55. The van der Waals surface area contributed by atoms with Crippen LogP contribution in [0.2, 0.25) is 0 Å². The Kier molecular flexibility index (Phi) is 6.72. The fourth-order valence-electron chi connectivity index (χ4n) is 5.71. The van der Waals surface area contributed by atoms with Crippen LogP contribution in [0.1, 0.15) is 49.1 Å². The molecular formula is C27H30N2O6. The maximum Gasteiger partial charge on any atom is 0.407 e. The first-order valence-corrected chi connectivity index (χ1v) is 12.2. The van der Waals surface area contributed by atoms with Crippen LogP contribution in [-0.4, -0.2) is 54.5 Å². The second-order valence-electron chi connectivity index (χ2n) is 9.64. The normalized spacial score (nSPS) is 25.0. The molecule has 2 unspecified atom stereocenters. The van der Waals surface area contributed by atoms with E-state index in [2.05, 4.69) is 34.9 Å². The number of rotatable bonds is 7. The van der Waals surface area contributed by atoms with E-state index in [1.807, 2.05) is 24.3 Å². The van der Waals surface area contributed by atoms with Gasteiger partial charge in [0.2, 0.25) is 0 Å². The summed E-state index contributed by atoms with van der Waals surface area (Å²) in [6, 6.07) is 15.8. The van der Waals surface area contributed by atoms with Gasteiger partial charge in [-0.1, -0.05) is 48.5 Å². The second kappa shape index (κ2) is 10.1. The number of benzene rings is 2. The van der Waals surface area contributed by atoms with E-state index in [0.29, 0.717) is 19.4 Å². The van der Waals surface area contributed by atoms with Gasteiger partial charge in [0.15, 0.2) is 6.10 Å². The smallest absolute Gasteiger partial charge is 0.407 e. The van der Waals surface area contributed by atoms with E-state index in [0.717, 1.165) is 35.1 Å². The largest absolute Gasteiger partial charge is 0.481 e. The third-order valence-electron chi connectivity index (χ3n) is 7.35. The van der Waals surface area contributed by atoms with Gasteiger partial charge in [0.1, 0.15) is 6.61 Å². The van der Waals surface area contributed by atoms with E-state index in [4.69, 9.17) is 14.6 Å². The van der Waals surface area contributed by atoms with Crippen molar-refractivity contribution in [1.29, 1.82) is 0 Å². The lowest BCUT2D eigenvalue weighted by atomic mass is 9.98. The zero-order valence-corrected chi connectivity index (χ0v) is 19.4. The zero-order chi connectivity index (χ0) is 24.4. The Morgan fingerprint density at radius 3 is 2.31 bits per heavy atom. The van der Waals surface area contributed by atoms with Gasteiger partial charge in [-0.15, -0.1) is 0 Å². The third kappa shape index (κ3) is 5.03. The van der Waals surface area contributed by atoms with Crippen molar-refractivity contribution < 1.29 is 29.0 Å². The number of fused-ring (bicyclic) bond motifs is 3. The van der Waals surface area contributed by atoms with Crippen LogP contribution in [0.5, 0.6) is 0 Å². The van der Waals surface area contributed by atoms with Gasteiger partial charge >= 0.3 is 12.1 Å². The molecular weight excluding hydrogens is 448 g/mol. The predicted molar refractivity (Wildman–Crippen MR) is 128 cm³/mol. The summed E-state index contributed by atoms with van der Waals surface area (Å²) in [4.78, 5) is 36.4. The Hall–Kier alpha value is -3.39. The molecule has 2 aliphatic carbocycles. The quantitative estimate of drug-likeness (QED) is 0.562. The van der Waals surface area contributed by atoms with Crippen molar-refractivity contribution in [2.24, 2.45) is 5.92 Å². The summed E-state index contributed by atoms with van der Waals surface area (Å²) in [6.07, 6.45) is 1.48. The van der Waals surface area contributed by atoms with E-state index in [9.17, 15) is 14.4 Å². The van der Waals surface area contributed by atoms with Gasteiger partial charge in [0.05, 0.1) is 6.04 Å². The molecule has 2 amide bonds. The van der Waals surface area contributed by atoms with Gasteiger partial charge in [-0.3, -0.25) is 9.59 Å². The van der Waals surface area contributed by atoms with E-state index in [1.165, 1.54) is 0 Å². The molecule has 3 aliphatic rings. The number of hydrogen-bond donors (Lipinski definition) is 3. The Morgan fingerprint density at radius 2 is 1.63 bits per heavy atom. The molecule has 35 heavy (non-hydrogen) atoms. The van der Waals surface area contributed by atoms with Gasteiger partial charge in [0, 0.05) is 25.0 Å². The molecule has 0 bridgehead atoms. The molecule has 8 nitrogen and oxygen atoms in total. The average molecular weight is 479 g/mol. The van der Waals surface area contributed by atoms with Crippen molar-refractivity contribution in [3.63, 3.8) is 0 Å². The lowest BCUT2D eigenvalue weighted by Gasteiger charge is -2.22. The summed E-state index contributed by atoms with van der Waals surface area (Å²) >= 11 is 0. The van der Waals surface area contributed by atoms with Crippen molar-refractivity contribution in [2.45, 2.75) is 56.2 Å². The van der Waals surface area contributed by atoms with E-state index in [1.54, 1.807) is 0 Å². The summed E-state index contributed by atoms with van der Waals surface area (Å²) in [7, 11) is 0. The highest BCUT2D eigenvalue weighted by Gasteiger charge is 2.38. The number of carboxylic acid groups (broad SMARTS) is 1. The number of aliphatic carboxylic acids is 1. The maximum atomic E-state index is 12.8. The molecule has 1 saturated carbocycles. The maximum absolute atomic E-state index is 12.8. The number of carbonyl (C=O) groups is 3. The molecule has 2 aromatic rings. The van der Waals surface area contributed by atoms with Gasteiger partial charge < -0.3 is 25.2 Å². The molecule has 4 atom stereocenters. The van der Waals surface area contributed by atoms with Crippen LogP contribution in [-0.2, 0) is 19.1 Å². The van der Waals surface area contributed by atoms with E-state index in [-0.39, 0.29) is 36.8 Å². The highest BCUT2D eigenvalue weighted by Crippen LogP contribution is 2.44. The number of carboxylic acids is 1. The molecule has 0 aromatic heterocycles. The molecule has 1 aliphatic heterocycles. The Bertz CT molecular complexity index is 1070. The number of nitrogens with one attached hydrogen (secondary N) is 2. The number of hydrogen-bond acceptors (Lipinski definition) is 5. The summed E-state index contributed by atoms with van der Waals surface area (Å²) < 4.78 is 11.2. The van der Waals surface area contributed by atoms with Crippen LogP contribution in [0, 0.1) is 5.92 Å². The Balaban J connectivity index is 1.15. The third-order valence-corrected chi connectivity index (χ3v) is 7.35. The van der Waals surface area contributed by atoms with Gasteiger partial charge in [-0.25, -0.2) is 4.79 Å². The minimum Gasteiger partial charge on any atom is -0.481 e. The predicted octanol–water partition coefficient (Wildman–Crippen LogP) is 3.44. The van der Waals surface area contributed by atoms with Crippen LogP contribution < -0.4 is 10.6 Å². The first kappa shape index (κ1) is 23.4. The zero-order valence-electron chi connectivity index (χ0n) is 19.4. The summed E-state index contributed by atoms with van der Waals surface area (Å²) in [5.74, 6) is -1.04. The van der Waals surface area contributed by atoms with Crippen molar-refractivity contribution in [3.8, 4) is 11.1 Å². The lowest BCUT2D eigenvalue weighted by Crippen LogP contribution is -2.50. The summed E-state index contributed by atoms with van der Waals surface area (Å²) in [6.45, 7) is 0.579. The number of amides is 2. The second-order valence-corrected chi connectivity index (χ2v) is 9.64. The molecule has 184 valence electrons. The summed E-state index contributed by atoms with van der Waals surface area (Å²) in [5, 5.41) is 14.8. The highest BCUT2D eigenvalue weighted by atomic mass is 16.6. The standard InChI is InChI=1S/C27H30N2O6/c30-24(31)14-16-9-10-17(13-16)28-26(32)25-23(11-12-34-25)29-27(33)35-15-22-20-7-3-1-5-18(20)19-6-2-4-8-21(19)22/h1-8,16-17,22-23,25H,9-15H2,(H,28,32)(H,29,33)(H,30,31)/t16?,17?,23-,25+/m1/s1. The van der Waals surface area contributed by atoms with Crippen molar-refractivity contribution >= 4 is 18.0 Å². The van der Waals surface area contributed by atoms with Gasteiger partial charge in [-0.2, -0.15) is 0 Å². The number of alkyl carbamates (subject to hydrolysis) is 1. The highest BCUT2D eigenvalue weighted by molar-refractivity contribution is 5.83. The molecule has 3 N–H and O–H groups in total. The first-order valence-electron chi connectivity index (χ1n) is 12.2. The molecule has 0 radical (unpaired) electrons. The van der Waals surface area contributed by atoms with E-state index >= 15 is 0 Å².